The molecule has 24 heavy (non-hydrogen) atoms. The van der Waals surface area contributed by atoms with Gasteiger partial charge in [0.25, 0.3) is 5.91 Å². The number of carbonyl (C=O) groups excluding carboxylic acids is 2. The van der Waals surface area contributed by atoms with E-state index in [2.05, 4.69) is 10.2 Å². The summed E-state index contributed by atoms with van der Waals surface area (Å²) >= 11 is 0. The van der Waals surface area contributed by atoms with Gasteiger partial charge in [-0.3, -0.25) is 14.0 Å². The number of fused-ring (bicyclic) bond motifs is 1. The molecule has 0 bridgehead atoms. The molecule has 0 aromatic carbocycles. The molecule has 0 unspecified atom stereocenters. The van der Waals surface area contributed by atoms with Crippen molar-refractivity contribution in [3.8, 4) is 0 Å². The summed E-state index contributed by atoms with van der Waals surface area (Å²) in [7, 11) is 0. The Hall–Kier alpha value is -2.44. The van der Waals surface area contributed by atoms with E-state index >= 15 is 0 Å². The van der Waals surface area contributed by atoms with E-state index in [1.54, 1.807) is 6.92 Å². The lowest BCUT2D eigenvalue weighted by molar-refractivity contribution is -0.127. The highest BCUT2D eigenvalue weighted by atomic mass is 16.2. The van der Waals surface area contributed by atoms with Crippen LogP contribution in [0.4, 0.5) is 0 Å². The van der Waals surface area contributed by atoms with Crippen LogP contribution >= 0.6 is 0 Å². The number of likely N-dealkylation sites (tertiary alicyclic amines) is 2. The van der Waals surface area contributed by atoms with E-state index in [1.807, 2.05) is 32.5 Å². The van der Waals surface area contributed by atoms with Crippen molar-refractivity contribution in [2.45, 2.75) is 32.1 Å². The van der Waals surface area contributed by atoms with Crippen molar-refractivity contribution in [3.63, 3.8) is 0 Å². The molecule has 0 N–H and O–H groups in total. The first-order chi connectivity index (χ1) is 11.6. The van der Waals surface area contributed by atoms with Gasteiger partial charge in [0.2, 0.25) is 5.91 Å². The monoisotopic (exact) mass is 327 g/mol. The van der Waals surface area contributed by atoms with E-state index in [9.17, 15) is 9.59 Å². The van der Waals surface area contributed by atoms with Gasteiger partial charge in [-0.05, 0) is 31.4 Å². The number of pyridine rings is 1. The Morgan fingerprint density at radius 2 is 1.88 bits per heavy atom. The van der Waals surface area contributed by atoms with Crippen LogP contribution in [-0.4, -0.2) is 62.4 Å². The molecular formula is C17H21N5O2. The number of nitrogens with zero attached hydrogens (tertiary/aromatic N) is 5. The normalized spacial score (nSPS) is 21.0. The molecule has 0 aliphatic carbocycles. The minimum atomic E-state index is 0.0748. The standard InChI is InChI=1S/C17H21N5O2/c1-12(23)21-9-6-13(10-21)16-19-18-15-5-4-14(11-22(15)16)17(24)20-7-2-3-8-20/h4-5,11,13H,2-3,6-10H2,1H3/t13-/m0/s1. The lowest BCUT2D eigenvalue weighted by atomic mass is 10.1. The van der Waals surface area contributed by atoms with Crippen LogP contribution in [-0.2, 0) is 4.79 Å². The first-order valence-electron chi connectivity index (χ1n) is 8.53. The highest BCUT2D eigenvalue weighted by Crippen LogP contribution is 2.26. The van der Waals surface area contributed by atoms with E-state index < -0.39 is 0 Å². The lowest BCUT2D eigenvalue weighted by Crippen LogP contribution is -2.28. The first-order valence-corrected chi connectivity index (χ1v) is 8.53. The average molecular weight is 327 g/mol. The van der Waals surface area contributed by atoms with Crippen molar-refractivity contribution in [1.82, 2.24) is 24.4 Å². The molecule has 1 atom stereocenters. The molecule has 0 radical (unpaired) electrons. The van der Waals surface area contributed by atoms with Crippen LogP contribution in [0, 0.1) is 0 Å². The van der Waals surface area contributed by atoms with Gasteiger partial charge in [0, 0.05) is 45.2 Å². The predicted octanol–water partition coefficient (Wildman–Crippen LogP) is 1.30. The molecule has 0 spiro atoms. The zero-order valence-electron chi connectivity index (χ0n) is 13.8. The SMILES string of the molecule is CC(=O)N1CC[C@H](c2nnc3ccc(C(=O)N4CCCC4)cn23)C1. The third-order valence-electron chi connectivity index (χ3n) is 5.07. The minimum Gasteiger partial charge on any atom is -0.342 e. The highest BCUT2D eigenvalue weighted by Gasteiger charge is 2.29. The minimum absolute atomic E-state index is 0.0748. The molecule has 2 aliphatic rings. The van der Waals surface area contributed by atoms with Crippen LogP contribution in [0.15, 0.2) is 18.3 Å². The maximum absolute atomic E-state index is 12.6. The molecule has 4 heterocycles. The number of aromatic nitrogens is 3. The topological polar surface area (TPSA) is 70.8 Å². The third-order valence-corrected chi connectivity index (χ3v) is 5.07. The van der Waals surface area contributed by atoms with Crippen LogP contribution in [0.2, 0.25) is 0 Å². The Morgan fingerprint density at radius 3 is 2.58 bits per heavy atom. The van der Waals surface area contributed by atoms with Gasteiger partial charge in [0.15, 0.2) is 5.65 Å². The second-order valence-electron chi connectivity index (χ2n) is 6.65. The quantitative estimate of drug-likeness (QED) is 0.833. The fraction of sp³-hybridized carbons (Fsp3) is 0.529. The van der Waals surface area contributed by atoms with Gasteiger partial charge in [0.05, 0.1) is 5.56 Å². The van der Waals surface area contributed by atoms with Gasteiger partial charge in [0.1, 0.15) is 5.82 Å². The smallest absolute Gasteiger partial charge is 0.255 e. The zero-order valence-corrected chi connectivity index (χ0v) is 13.8. The molecule has 7 nitrogen and oxygen atoms in total. The van der Waals surface area contributed by atoms with E-state index in [1.165, 1.54) is 0 Å². The summed E-state index contributed by atoms with van der Waals surface area (Å²) in [5.41, 5.74) is 1.41. The van der Waals surface area contributed by atoms with Gasteiger partial charge in [-0.2, -0.15) is 0 Å². The number of rotatable bonds is 2. The van der Waals surface area contributed by atoms with Crippen molar-refractivity contribution in [3.05, 3.63) is 29.7 Å². The van der Waals surface area contributed by atoms with Crippen molar-refractivity contribution < 1.29 is 9.59 Å². The lowest BCUT2D eigenvalue weighted by Gasteiger charge is -2.16. The molecule has 2 fully saturated rings. The van der Waals surface area contributed by atoms with Gasteiger partial charge >= 0.3 is 0 Å². The van der Waals surface area contributed by atoms with E-state index in [0.29, 0.717) is 12.1 Å². The summed E-state index contributed by atoms with van der Waals surface area (Å²) in [6, 6.07) is 3.67. The Morgan fingerprint density at radius 1 is 1.08 bits per heavy atom. The molecule has 7 heteroatoms. The summed E-state index contributed by atoms with van der Waals surface area (Å²) in [6.45, 7) is 4.68. The molecule has 126 valence electrons. The first kappa shape index (κ1) is 15.1. The second-order valence-corrected chi connectivity index (χ2v) is 6.65. The van der Waals surface area contributed by atoms with Crippen LogP contribution < -0.4 is 0 Å². The van der Waals surface area contributed by atoms with Gasteiger partial charge in [-0.25, -0.2) is 0 Å². The van der Waals surface area contributed by atoms with Gasteiger partial charge in [-0.15, -0.1) is 10.2 Å². The molecule has 2 saturated heterocycles. The van der Waals surface area contributed by atoms with Crippen LogP contribution in [0.25, 0.3) is 5.65 Å². The van der Waals surface area contributed by atoms with E-state index in [-0.39, 0.29) is 17.7 Å². The molecule has 0 saturated carbocycles. The molecule has 2 amide bonds. The average Bonchev–Trinajstić information content (AvgIpc) is 3.31. The molecular weight excluding hydrogens is 306 g/mol. The summed E-state index contributed by atoms with van der Waals surface area (Å²) in [6.07, 6.45) is 4.88. The zero-order chi connectivity index (χ0) is 16.7. The largest absolute Gasteiger partial charge is 0.342 e. The van der Waals surface area contributed by atoms with Crippen molar-refractivity contribution in [1.29, 1.82) is 0 Å². The summed E-state index contributed by atoms with van der Waals surface area (Å²) in [5, 5.41) is 8.53. The third kappa shape index (κ3) is 2.53. The summed E-state index contributed by atoms with van der Waals surface area (Å²) in [4.78, 5) is 27.9. The van der Waals surface area contributed by atoms with Crippen LogP contribution in [0.3, 0.4) is 0 Å². The fourth-order valence-electron chi connectivity index (χ4n) is 3.67. The summed E-state index contributed by atoms with van der Waals surface area (Å²) in [5.74, 6) is 1.17. The Bertz CT molecular complexity index is 793. The maximum atomic E-state index is 12.6. The van der Waals surface area contributed by atoms with Crippen molar-refractivity contribution >= 4 is 17.5 Å². The Balaban J connectivity index is 1.64. The fourth-order valence-corrected chi connectivity index (χ4v) is 3.67. The second kappa shape index (κ2) is 5.89. The van der Waals surface area contributed by atoms with Gasteiger partial charge < -0.3 is 9.80 Å². The predicted molar refractivity (Wildman–Crippen MR) is 87.7 cm³/mol. The van der Waals surface area contributed by atoms with E-state index in [0.717, 1.165) is 50.4 Å². The Kier molecular flexibility index (Phi) is 3.70. The van der Waals surface area contributed by atoms with E-state index in [4.69, 9.17) is 0 Å². The number of amides is 2. The Labute approximate surface area is 140 Å². The molecule has 2 aromatic rings. The number of carbonyl (C=O) groups is 2. The van der Waals surface area contributed by atoms with Crippen LogP contribution in [0.1, 0.15) is 48.3 Å². The molecule has 2 aromatic heterocycles. The number of hydrogen-bond donors (Lipinski definition) is 0. The highest BCUT2D eigenvalue weighted by molar-refractivity contribution is 5.94. The number of hydrogen-bond acceptors (Lipinski definition) is 4. The van der Waals surface area contributed by atoms with Crippen LogP contribution in [0.5, 0.6) is 0 Å². The molecule has 2 aliphatic heterocycles. The summed E-state index contributed by atoms with van der Waals surface area (Å²) < 4.78 is 1.91. The van der Waals surface area contributed by atoms with Gasteiger partial charge in [-0.1, -0.05) is 0 Å². The van der Waals surface area contributed by atoms with Crippen molar-refractivity contribution in [2.24, 2.45) is 0 Å². The van der Waals surface area contributed by atoms with Crippen molar-refractivity contribution in [2.75, 3.05) is 26.2 Å². The maximum Gasteiger partial charge on any atom is 0.255 e. The molecule has 4 rings (SSSR count).